The van der Waals surface area contributed by atoms with Crippen molar-refractivity contribution in [2.75, 3.05) is 0 Å². The molecule has 1 heteroatoms. The summed E-state index contributed by atoms with van der Waals surface area (Å²) in [5.74, 6) is 2.29. The van der Waals surface area contributed by atoms with Crippen LogP contribution in [0.1, 0.15) is 57.8 Å². The Kier molecular flexibility index (Phi) is 1.97. The predicted molar refractivity (Wildman–Crippen MR) is 56.0 cm³/mol. The molecule has 1 spiro atoms. The smallest absolute Gasteiger partial charge is 0.133 e. The number of ketones is 1. The SMILES string of the molecule is O=C1CCC2(CCCC2)C(C2CC2)C1. The number of hydrogen-bond acceptors (Lipinski definition) is 1. The Morgan fingerprint density at radius 1 is 1.07 bits per heavy atom. The van der Waals surface area contributed by atoms with Crippen LogP contribution >= 0.6 is 0 Å². The molecule has 3 aliphatic rings. The van der Waals surface area contributed by atoms with Gasteiger partial charge in [-0.3, -0.25) is 4.79 Å². The van der Waals surface area contributed by atoms with Gasteiger partial charge in [0.2, 0.25) is 0 Å². The molecule has 3 rings (SSSR count). The zero-order valence-electron chi connectivity index (χ0n) is 8.93. The average Bonchev–Trinajstić information content (AvgIpc) is 2.92. The average molecular weight is 192 g/mol. The van der Waals surface area contributed by atoms with Gasteiger partial charge < -0.3 is 0 Å². The van der Waals surface area contributed by atoms with Gasteiger partial charge in [-0.2, -0.15) is 0 Å². The zero-order chi connectivity index (χ0) is 9.60. The molecule has 14 heavy (non-hydrogen) atoms. The van der Waals surface area contributed by atoms with Crippen LogP contribution in [0.3, 0.4) is 0 Å². The summed E-state index contributed by atoms with van der Waals surface area (Å²) in [6.45, 7) is 0. The van der Waals surface area contributed by atoms with E-state index in [0.717, 1.165) is 24.7 Å². The molecule has 0 amide bonds. The first-order chi connectivity index (χ1) is 6.80. The number of Topliss-reactive ketones (excluding diaryl/α,β-unsaturated/α-hetero) is 1. The topological polar surface area (TPSA) is 17.1 Å². The molecular weight excluding hydrogens is 172 g/mol. The molecular formula is C13H20O. The molecule has 1 nitrogen and oxygen atoms in total. The van der Waals surface area contributed by atoms with E-state index in [9.17, 15) is 4.79 Å². The normalized spacial score (nSPS) is 36.6. The van der Waals surface area contributed by atoms with Crippen molar-refractivity contribution in [3.8, 4) is 0 Å². The molecule has 1 unspecified atom stereocenters. The van der Waals surface area contributed by atoms with Crippen LogP contribution in [0.5, 0.6) is 0 Å². The summed E-state index contributed by atoms with van der Waals surface area (Å²) in [4.78, 5) is 11.5. The fraction of sp³-hybridized carbons (Fsp3) is 0.923. The van der Waals surface area contributed by atoms with Crippen molar-refractivity contribution in [1.82, 2.24) is 0 Å². The predicted octanol–water partition coefficient (Wildman–Crippen LogP) is 3.33. The van der Waals surface area contributed by atoms with Crippen LogP contribution in [0.4, 0.5) is 0 Å². The van der Waals surface area contributed by atoms with Crippen molar-refractivity contribution in [3.63, 3.8) is 0 Å². The van der Waals surface area contributed by atoms with E-state index in [4.69, 9.17) is 0 Å². The lowest BCUT2D eigenvalue weighted by Crippen LogP contribution is -2.36. The van der Waals surface area contributed by atoms with E-state index in [2.05, 4.69) is 0 Å². The Balaban J connectivity index is 1.82. The highest BCUT2D eigenvalue weighted by atomic mass is 16.1. The van der Waals surface area contributed by atoms with Gasteiger partial charge in [-0.05, 0) is 49.4 Å². The van der Waals surface area contributed by atoms with Crippen molar-refractivity contribution < 1.29 is 4.79 Å². The Hall–Kier alpha value is -0.330. The molecule has 0 aromatic rings. The van der Waals surface area contributed by atoms with Gasteiger partial charge in [-0.25, -0.2) is 0 Å². The van der Waals surface area contributed by atoms with E-state index < -0.39 is 0 Å². The quantitative estimate of drug-likeness (QED) is 0.623. The van der Waals surface area contributed by atoms with E-state index in [0.29, 0.717) is 11.2 Å². The monoisotopic (exact) mass is 192 g/mol. The highest BCUT2D eigenvalue weighted by Gasteiger charge is 2.50. The van der Waals surface area contributed by atoms with Crippen molar-refractivity contribution in [1.29, 1.82) is 0 Å². The van der Waals surface area contributed by atoms with Gasteiger partial charge in [0.05, 0.1) is 0 Å². The Bertz CT molecular complexity index is 246. The second-order valence-electron chi connectivity index (χ2n) is 5.76. The molecule has 78 valence electrons. The molecule has 0 radical (unpaired) electrons. The fourth-order valence-corrected chi connectivity index (χ4v) is 4.00. The van der Waals surface area contributed by atoms with Gasteiger partial charge in [-0.1, -0.05) is 12.8 Å². The van der Waals surface area contributed by atoms with Gasteiger partial charge in [0.25, 0.3) is 0 Å². The fourth-order valence-electron chi connectivity index (χ4n) is 4.00. The summed E-state index contributed by atoms with van der Waals surface area (Å²) in [5, 5.41) is 0. The van der Waals surface area contributed by atoms with Gasteiger partial charge in [0.1, 0.15) is 5.78 Å². The molecule has 0 N–H and O–H groups in total. The summed E-state index contributed by atoms with van der Waals surface area (Å²) >= 11 is 0. The van der Waals surface area contributed by atoms with Crippen LogP contribution in [0.15, 0.2) is 0 Å². The minimum absolute atomic E-state index is 0.555. The van der Waals surface area contributed by atoms with Crippen molar-refractivity contribution in [3.05, 3.63) is 0 Å². The lowest BCUT2D eigenvalue weighted by molar-refractivity contribution is -0.125. The highest BCUT2D eigenvalue weighted by Crippen LogP contribution is 2.58. The second-order valence-corrected chi connectivity index (χ2v) is 5.76. The summed E-state index contributed by atoms with van der Waals surface area (Å²) in [6, 6.07) is 0. The molecule has 1 atom stereocenters. The van der Waals surface area contributed by atoms with Crippen LogP contribution in [0.2, 0.25) is 0 Å². The second kappa shape index (κ2) is 3.08. The van der Waals surface area contributed by atoms with Crippen LogP contribution < -0.4 is 0 Å². The maximum atomic E-state index is 11.5. The van der Waals surface area contributed by atoms with Crippen LogP contribution in [0, 0.1) is 17.3 Å². The highest BCUT2D eigenvalue weighted by molar-refractivity contribution is 5.79. The van der Waals surface area contributed by atoms with Crippen LogP contribution in [-0.4, -0.2) is 5.78 Å². The Labute approximate surface area is 86.3 Å². The minimum atomic E-state index is 0.555. The number of carbonyl (C=O) groups excluding carboxylic acids is 1. The first kappa shape index (κ1) is 8.94. The lowest BCUT2D eigenvalue weighted by atomic mass is 9.63. The third-order valence-electron chi connectivity index (χ3n) is 4.93. The summed E-state index contributed by atoms with van der Waals surface area (Å²) in [5.41, 5.74) is 0.634. The largest absolute Gasteiger partial charge is 0.300 e. The van der Waals surface area contributed by atoms with E-state index in [1.165, 1.54) is 44.9 Å². The van der Waals surface area contributed by atoms with Crippen molar-refractivity contribution in [2.24, 2.45) is 17.3 Å². The Morgan fingerprint density at radius 2 is 1.79 bits per heavy atom. The van der Waals surface area contributed by atoms with E-state index in [1.807, 2.05) is 0 Å². The standard InChI is InChI=1S/C13H20O/c14-11-5-8-13(6-1-2-7-13)12(9-11)10-3-4-10/h10,12H,1-9H2. The van der Waals surface area contributed by atoms with Crippen molar-refractivity contribution in [2.45, 2.75) is 57.8 Å². The summed E-state index contributed by atoms with van der Waals surface area (Å²) < 4.78 is 0. The number of hydrogen-bond donors (Lipinski definition) is 0. The maximum absolute atomic E-state index is 11.5. The molecule has 3 aliphatic carbocycles. The van der Waals surface area contributed by atoms with Gasteiger partial charge in [-0.15, -0.1) is 0 Å². The summed E-state index contributed by atoms with van der Waals surface area (Å²) in [7, 11) is 0. The number of carbonyl (C=O) groups is 1. The van der Waals surface area contributed by atoms with Crippen LogP contribution in [0.25, 0.3) is 0 Å². The van der Waals surface area contributed by atoms with E-state index in [-0.39, 0.29) is 0 Å². The first-order valence-electron chi connectivity index (χ1n) is 6.32. The van der Waals surface area contributed by atoms with Crippen LogP contribution in [-0.2, 0) is 4.79 Å². The molecule has 0 heterocycles. The first-order valence-corrected chi connectivity index (χ1v) is 6.32. The molecule has 3 fully saturated rings. The molecule has 0 aliphatic heterocycles. The third-order valence-corrected chi connectivity index (χ3v) is 4.93. The zero-order valence-corrected chi connectivity index (χ0v) is 8.93. The van der Waals surface area contributed by atoms with Gasteiger partial charge in [0.15, 0.2) is 0 Å². The number of rotatable bonds is 1. The minimum Gasteiger partial charge on any atom is -0.300 e. The molecule has 0 aromatic heterocycles. The Morgan fingerprint density at radius 3 is 2.43 bits per heavy atom. The molecule has 3 saturated carbocycles. The van der Waals surface area contributed by atoms with E-state index >= 15 is 0 Å². The van der Waals surface area contributed by atoms with Gasteiger partial charge >= 0.3 is 0 Å². The van der Waals surface area contributed by atoms with Crippen molar-refractivity contribution >= 4 is 5.78 Å². The van der Waals surface area contributed by atoms with E-state index in [1.54, 1.807) is 0 Å². The maximum Gasteiger partial charge on any atom is 0.133 e. The molecule has 0 saturated heterocycles. The molecule has 0 aromatic carbocycles. The molecule has 0 bridgehead atoms. The van der Waals surface area contributed by atoms with Gasteiger partial charge in [0, 0.05) is 12.8 Å². The summed E-state index contributed by atoms with van der Waals surface area (Å²) in [6.07, 6.45) is 11.6. The third kappa shape index (κ3) is 1.32. The lowest BCUT2D eigenvalue weighted by Gasteiger charge is -2.41.